The average molecular weight is 779 g/mol. The molecule has 11 aromatic rings. The lowest BCUT2D eigenvalue weighted by Gasteiger charge is -2.32. The van der Waals surface area contributed by atoms with Crippen LogP contribution in [0, 0.1) is 0 Å². The second kappa shape index (κ2) is 14.3. The number of aliphatic imine (C=N–C) groups is 2. The zero-order valence-corrected chi connectivity index (χ0v) is 33.0. The molecular weight excluding hydrogens is 743 g/mol. The molecule has 0 spiro atoms. The van der Waals surface area contributed by atoms with Crippen LogP contribution < -0.4 is 0 Å². The van der Waals surface area contributed by atoms with Gasteiger partial charge < -0.3 is 14.7 Å². The Kier molecular flexibility index (Phi) is 8.20. The Morgan fingerprint density at radius 2 is 0.951 bits per heavy atom. The van der Waals surface area contributed by atoms with Crippen LogP contribution in [-0.2, 0) is 0 Å². The molecule has 0 amide bonds. The maximum atomic E-state index is 6.67. The highest BCUT2D eigenvalue weighted by Crippen LogP contribution is 2.43. The fourth-order valence-corrected chi connectivity index (χ4v) is 8.96. The lowest BCUT2D eigenvalue weighted by atomic mass is 9.92. The normalized spacial score (nSPS) is 14.1. The van der Waals surface area contributed by atoms with Gasteiger partial charge in [0.1, 0.15) is 11.2 Å². The summed E-state index contributed by atoms with van der Waals surface area (Å²) >= 11 is 0. The van der Waals surface area contributed by atoms with Crippen LogP contribution in [0.3, 0.4) is 0 Å². The van der Waals surface area contributed by atoms with E-state index in [0.717, 1.165) is 65.9 Å². The monoisotopic (exact) mass is 778 g/mol. The number of furan rings is 1. The van der Waals surface area contributed by atoms with Gasteiger partial charge in [0, 0.05) is 16.2 Å². The second-order valence-electron chi connectivity index (χ2n) is 15.7. The van der Waals surface area contributed by atoms with Crippen molar-refractivity contribution in [3.63, 3.8) is 0 Å². The number of rotatable bonds is 6. The smallest absolute Gasteiger partial charge is 0.143 e. The molecule has 0 fully saturated rings. The predicted molar refractivity (Wildman–Crippen MR) is 255 cm³/mol. The molecule has 1 atom stereocenters. The molecule has 10 aromatic carbocycles. The SMILES string of the molecule is c1ccc(C2=NC(c3ccc4cc(-c5ccc6cc(-c7cccc8oc9c%10ccccc%10c(-c%10ccccc%10)cc9c78)ccc6c5)ccc4c3)=NC(c3ccccc3)[N-]2)cc1. The van der Waals surface area contributed by atoms with E-state index in [-0.39, 0.29) is 6.17 Å². The Balaban J connectivity index is 0.887. The molecule has 4 heteroatoms. The predicted octanol–water partition coefficient (Wildman–Crippen LogP) is 15.3. The first-order valence-electron chi connectivity index (χ1n) is 20.7. The number of nitrogens with zero attached hydrogens (tertiary/aromatic N) is 3. The highest BCUT2D eigenvalue weighted by Gasteiger charge is 2.18. The molecule has 0 radical (unpaired) electrons. The van der Waals surface area contributed by atoms with Crippen molar-refractivity contribution in [3.8, 4) is 33.4 Å². The average Bonchev–Trinajstić information content (AvgIpc) is 3.73. The van der Waals surface area contributed by atoms with E-state index >= 15 is 0 Å². The highest BCUT2D eigenvalue weighted by atomic mass is 16.3. The molecular formula is C57H36N3O-. The summed E-state index contributed by atoms with van der Waals surface area (Å²) < 4.78 is 6.67. The summed E-state index contributed by atoms with van der Waals surface area (Å²) in [6.45, 7) is 0. The van der Waals surface area contributed by atoms with E-state index in [1.165, 1.54) is 38.4 Å². The fraction of sp³-hybridized carbons (Fsp3) is 0.0175. The zero-order chi connectivity index (χ0) is 40.3. The van der Waals surface area contributed by atoms with Crippen molar-refractivity contribution in [2.24, 2.45) is 9.98 Å². The van der Waals surface area contributed by atoms with Gasteiger partial charge in [0.2, 0.25) is 0 Å². The minimum Gasteiger partial charge on any atom is -0.455 e. The molecule has 0 bridgehead atoms. The number of hydrogen-bond acceptors (Lipinski definition) is 3. The molecule has 0 saturated carbocycles. The molecule has 1 unspecified atom stereocenters. The second-order valence-corrected chi connectivity index (χ2v) is 15.7. The van der Waals surface area contributed by atoms with Crippen LogP contribution in [0.2, 0.25) is 0 Å². The Morgan fingerprint density at radius 1 is 0.393 bits per heavy atom. The summed E-state index contributed by atoms with van der Waals surface area (Å²) in [6, 6.07) is 75.1. The van der Waals surface area contributed by atoms with Gasteiger partial charge in [0.15, 0.2) is 0 Å². The van der Waals surface area contributed by atoms with Gasteiger partial charge in [-0.15, -0.1) is 0 Å². The van der Waals surface area contributed by atoms with Crippen LogP contribution in [0.4, 0.5) is 0 Å². The van der Waals surface area contributed by atoms with Crippen LogP contribution >= 0.6 is 0 Å². The molecule has 1 aromatic heterocycles. The Bertz CT molecular complexity index is 3550. The van der Waals surface area contributed by atoms with Crippen molar-refractivity contribution >= 4 is 65.9 Å². The summed E-state index contributed by atoms with van der Waals surface area (Å²) in [7, 11) is 0. The van der Waals surface area contributed by atoms with Crippen molar-refractivity contribution in [2.75, 3.05) is 0 Å². The van der Waals surface area contributed by atoms with E-state index in [4.69, 9.17) is 19.7 Å². The van der Waals surface area contributed by atoms with Crippen LogP contribution in [0.15, 0.2) is 227 Å². The summed E-state index contributed by atoms with van der Waals surface area (Å²) in [6.07, 6.45) is -0.362. The van der Waals surface area contributed by atoms with Gasteiger partial charge in [-0.3, -0.25) is 4.99 Å². The molecule has 1 aliphatic rings. The summed E-state index contributed by atoms with van der Waals surface area (Å²) in [4.78, 5) is 10.0. The first kappa shape index (κ1) is 34.9. The number of hydrogen-bond donors (Lipinski definition) is 0. The quantitative estimate of drug-likeness (QED) is 0.166. The minimum absolute atomic E-state index is 0.362. The maximum Gasteiger partial charge on any atom is 0.143 e. The topological polar surface area (TPSA) is 52.0 Å². The largest absolute Gasteiger partial charge is 0.455 e. The lowest BCUT2D eigenvalue weighted by molar-refractivity contribution is 0.673. The summed E-state index contributed by atoms with van der Waals surface area (Å²) in [5.41, 5.74) is 11.9. The minimum atomic E-state index is -0.362. The fourth-order valence-electron chi connectivity index (χ4n) is 8.96. The van der Waals surface area contributed by atoms with E-state index in [0.29, 0.717) is 11.7 Å². The molecule has 12 rings (SSSR count). The summed E-state index contributed by atoms with van der Waals surface area (Å²) in [5.74, 6) is 1.38. The number of fused-ring (bicyclic) bond motifs is 7. The lowest BCUT2D eigenvalue weighted by Crippen LogP contribution is -2.15. The molecule has 0 N–H and O–H groups in total. The third-order valence-electron chi connectivity index (χ3n) is 12.0. The molecule has 2 heterocycles. The van der Waals surface area contributed by atoms with E-state index in [1.807, 2.05) is 48.5 Å². The van der Waals surface area contributed by atoms with Crippen LogP contribution in [-0.4, -0.2) is 11.7 Å². The van der Waals surface area contributed by atoms with E-state index in [2.05, 4.69) is 164 Å². The van der Waals surface area contributed by atoms with Gasteiger partial charge >= 0.3 is 0 Å². The third kappa shape index (κ3) is 6.16. The summed E-state index contributed by atoms with van der Waals surface area (Å²) in [5, 5.41) is 14.2. The molecule has 61 heavy (non-hydrogen) atoms. The molecule has 1 aliphatic heterocycles. The van der Waals surface area contributed by atoms with Crippen LogP contribution in [0.25, 0.3) is 93.0 Å². The first-order valence-corrected chi connectivity index (χ1v) is 20.7. The third-order valence-corrected chi connectivity index (χ3v) is 12.0. The van der Waals surface area contributed by atoms with E-state index in [9.17, 15) is 0 Å². The van der Waals surface area contributed by atoms with Crippen molar-refractivity contribution in [2.45, 2.75) is 6.17 Å². The number of amidine groups is 2. The molecule has 286 valence electrons. The standard InChI is InChI=1S/C57H36N3O/c1-4-13-36(14-5-1)50-35-51-53-47(21-12-22-52(53)61-54(51)49-20-11-10-19-48(49)50)45-29-27-41-31-39(23-25-43(41)33-45)40-24-26-44-34-46(30-28-42(44)32-40)57-59-55(37-15-6-2-7-16-37)58-56(60-57)38-17-8-3-9-18-38/h1-35,55H/q-1. The van der Waals surface area contributed by atoms with Gasteiger partial charge in [-0.2, -0.15) is 0 Å². The van der Waals surface area contributed by atoms with Crippen molar-refractivity contribution in [3.05, 3.63) is 234 Å². The van der Waals surface area contributed by atoms with Crippen molar-refractivity contribution < 1.29 is 4.42 Å². The molecule has 0 saturated heterocycles. The van der Waals surface area contributed by atoms with Crippen LogP contribution in [0.5, 0.6) is 0 Å². The van der Waals surface area contributed by atoms with E-state index in [1.54, 1.807) is 0 Å². The van der Waals surface area contributed by atoms with E-state index < -0.39 is 0 Å². The Morgan fingerprint density at radius 3 is 1.64 bits per heavy atom. The van der Waals surface area contributed by atoms with Gasteiger partial charge in [0.05, 0.1) is 12.0 Å². The first-order chi connectivity index (χ1) is 30.2. The Hall–Kier alpha value is -8.08. The molecule has 4 nitrogen and oxygen atoms in total. The zero-order valence-electron chi connectivity index (χ0n) is 33.0. The molecule has 0 aliphatic carbocycles. The van der Waals surface area contributed by atoms with Gasteiger partial charge in [-0.25, -0.2) is 0 Å². The van der Waals surface area contributed by atoms with Crippen LogP contribution in [0.1, 0.15) is 22.9 Å². The van der Waals surface area contributed by atoms with Gasteiger partial charge in [0.25, 0.3) is 0 Å². The van der Waals surface area contributed by atoms with Gasteiger partial charge in [-0.1, -0.05) is 182 Å². The Labute approximate surface area is 352 Å². The van der Waals surface area contributed by atoms with Gasteiger partial charge in [-0.05, 0) is 113 Å². The highest BCUT2D eigenvalue weighted by molar-refractivity contribution is 6.22. The number of benzene rings is 10. The maximum absolute atomic E-state index is 6.67. The van der Waals surface area contributed by atoms with Crippen molar-refractivity contribution in [1.82, 2.24) is 0 Å². The van der Waals surface area contributed by atoms with Crippen molar-refractivity contribution in [1.29, 1.82) is 0 Å².